The summed E-state index contributed by atoms with van der Waals surface area (Å²) >= 11 is 0. The standard InChI is InChI=1S/C8H12F3NO2/c9-8(10,11)7(14)12(4-5-13)6-2-1-3-6/h6,13H,1-5H2. The van der Waals surface area contributed by atoms with Crippen molar-refractivity contribution in [1.82, 2.24) is 4.90 Å². The second kappa shape index (κ2) is 4.16. The van der Waals surface area contributed by atoms with Gasteiger partial charge in [-0.25, -0.2) is 0 Å². The Bertz CT molecular complexity index is 213. The van der Waals surface area contributed by atoms with Crippen molar-refractivity contribution in [2.75, 3.05) is 13.2 Å². The first-order chi connectivity index (χ1) is 6.46. The van der Waals surface area contributed by atoms with E-state index in [4.69, 9.17) is 5.11 Å². The number of halogens is 3. The Morgan fingerprint density at radius 2 is 2.00 bits per heavy atom. The van der Waals surface area contributed by atoms with Crippen LogP contribution in [0.2, 0.25) is 0 Å². The topological polar surface area (TPSA) is 40.5 Å². The maximum absolute atomic E-state index is 12.1. The molecule has 0 spiro atoms. The van der Waals surface area contributed by atoms with E-state index in [0.29, 0.717) is 12.8 Å². The van der Waals surface area contributed by atoms with E-state index in [1.165, 1.54) is 0 Å². The van der Waals surface area contributed by atoms with E-state index in [9.17, 15) is 18.0 Å². The van der Waals surface area contributed by atoms with E-state index in [1.54, 1.807) is 0 Å². The minimum Gasteiger partial charge on any atom is -0.395 e. The molecule has 1 aliphatic carbocycles. The lowest BCUT2D eigenvalue weighted by Crippen LogP contribution is -2.50. The summed E-state index contributed by atoms with van der Waals surface area (Å²) in [7, 11) is 0. The molecule has 6 heteroatoms. The molecular formula is C8H12F3NO2. The normalized spacial score (nSPS) is 17.7. The summed E-state index contributed by atoms with van der Waals surface area (Å²) in [5.41, 5.74) is 0. The second-order valence-electron chi connectivity index (χ2n) is 3.30. The van der Waals surface area contributed by atoms with Crippen molar-refractivity contribution >= 4 is 5.91 Å². The summed E-state index contributed by atoms with van der Waals surface area (Å²) in [5, 5.41) is 8.56. The van der Waals surface area contributed by atoms with Crippen molar-refractivity contribution in [3.8, 4) is 0 Å². The van der Waals surface area contributed by atoms with Gasteiger partial charge in [0.15, 0.2) is 0 Å². The highest BCUT2D eigenvalue weighted by Gasteiger charge is 2.45. The van der Waals surface area contributed by atoms with Crippen LogP contribution in [0.4, 0.5) is 13.2 Å². The molecule has 1 aliphatic rings. The van der Waals surface area contributed by atoms with E-state index in [0.717, 1.165) is 11.3 Å². The van der Waals surface area contributed by atoms with Gasteiger partial charge < -0.3 is 10.0 Å². The van der Waals surface area contributed by atoms with Crippen LogP contribution in [-0.2, 0) is 4.79 Å². The molecule has 0 aromatic heterocycles. The van der Waals surface area contributed by atoms with Gasteiger partial charge in [-0.1, -0.05) is 0 Å². The van der Waals surface area contributed by atoms with Gasteiger partial charge in [-0.3, -0.25) is 4.79 Å². The molecular weight excluding hydrogens is 199 g/mol. The maximum Gasteiger partial charge on any atom is 0.471 e. The molecule has 1 amide bonds. The van der Waals surface area contributed by atoms with E-state index in [-0.39, 0.29) is 12.6 Å². The maximum atomic E-state index is 12.1. The molecule has 14 heavy (non-hydrogen) atoms. The first kappa shape index (κ1) is 11.3. The van der Waals surface area contributed by atoms with Crippen molar-refractivity contribution in [1.29, 1.82) is 0 Å². The number of carbonyl (C=O) groups excluding carboxylic acids is 1. The Kier molecular flexibility index (Phi) is 3.36. The van der Waals surface area contributed by atoms with Gasteiger partial charge in [0.1, 0.15) is 0 Å². The number of nitrogens with zero attached hydrogens (tertiary/aromatic N) is 1. The van der Waals surface area contributed by atoms with Gasteiger partial charge in [0.2, 0.25) is 0 Å². The fourth-order valence-corrected chi connectivity index (χ4v) is 1.42. The average molecular weight is 211 g/mol. The minimum absolute atomic E-state index is 0.233. The highest BCUT2D eigenvalue weighted by atomic mass is 19.4. The molecule has 1 rings (SSSR count). The summed E-state index contributed by atoms with van der Waals surface area (Å²) in [4.78, 5) is 11.6. The summed E-state index contributed by atoms with van der Waals surface area (Å²) in [5.74, 6) is -1.84. The second-order valence-corrected chi connectivity index (χ2v) is 3.30. The Labute approximate surface area is 79.5 Å². The first-order valence-corrected chi connectivity index (χ1v) is 4.45. The summed E-state index contributed by atoms with van der Waals surface area (Å²) in [6.45, 7) is -0.665. The van der Waals surface area contributed by atoms with Crippen molar-refractivity contribution in [2.24, 2.45) is 0 Å². The predicted molar refractivity (Wildman–Crippen MR) is 42.5 cm³/mol. The highest BCUT2D eigenvalue weighted by molar-refractivity contribution is 5.82. The Morgan fingerprint density at radius 3 is 2.29 bits per heavy atom. The molecule has 0 aromatic rings. The molecule has 3 nitrogen and oxygen atoms in total. The van der Waals surface area contributed by atoms with Crippen LogP contribution in [-0.4, -0.2) is 41.3 Å². The zero-order valence-corrected chi connectivity index (χ0v) is 7.55. The lowest BCUT2D eigenvalue weighted by atomic mass is 9.91. The van der Waals surface area contributed by atoms with Gasteiger partial charge >= 0.3 is 12.1 Å². The first-order valence-electron chi connectivity index (χ1n) is 4.45. The molecule has 0 radical (unpaired) electrons. The predicted octanol–water partition coefficient (Wildman–Crippen LogP) is 0.922. The monoisotopic (exact) mass is 211 g/mol. The minimum atomic E-state index is -4.83. The average Bonchev–Trinajstić information content (AvgIpc) is 1.97. The molecule has 1 fully saturated rings. The van der Waals surface area contributed by atoms with Crippen LogP contribution in [0.1, 0.15) is 19.3 Å². The number of carbonyl (C=O) groups is 1. The van der Waals surface area contributed by atoms with Crippen LogP contribution in [0, 0.1) is 0 Å². The van der Waals surface area contributed by atoms with Crippen LogP contribution in [0.5, 0.6) is 0 Å². The number of hydrogen-bond donors (Lipinski definition) is 1. The van der Waals surface area contributed by atoms with Crippen LogP contribution < -0.4 is 0 Å². The van der Waals surface area contributed by atoms with Crippen molar-refractivity contribution < 1.29 is 23.1 Å². The Hall–Kier alpha value is -0.780. The molecule has 0 heterocycles. The number of amides is 1. The third-order valence-electron chi connectivity index (χ3n) is 2.36. The lowest BCUT2D eigenvalue weighted by molar-refractivity contribution is -0.189. The molecule has 1 N–H and O–H groups in total. The van der Waals surface area contributed by atoms with Crippen LogP contribution in [0.15, 0.2) is 0 Å². The molecule has 1 saturated carbocycles. The van der Waals surface area contributed by atoms with Gasteiger partial charge in [0.05, 0.1) is 6.61 Å². The summed E-state index contributed by atoms with van der Waals surface area (Å²) in [6.07, 6.45) is -2.79. The van der Waals surface area contributed by atoms with Crippen LogP contribution in [0.3, 0.4) is 0 Å². The number of rotatable bonds is 3. The van der Waals surface area contributed by atoms with Crippen LogP contribution >= 0.6 is 0 Å². The van der Waals surface area contributed by atoms with E-state index >= 15 is 0 Å². The smallest absolute Gasteiger partial charge is 0.395 e. The summed E-state index contributed by atoms with van der Waals surface area (Å²) < 4.78 is 36.2. The molecule has 82 valence electrons. The quantitative estimate of drug-likeness (QED) is 0.754. The SMILES string of the molecule is O=C(N(CCO)C1CCC1)C(F)(F)F. The molecule has 0 unspecified atom stereocenters. The third-order valence-corrected chi connectivity index (χ3v) is 2.36. The lowest BCUT2D eigenvalue weighted by Gasteiger charge is -2.37. The van der Waals surface area contributed by atoms with Gasteiger partial charge in [0.25, 0.3) is 0 Å². The number of hydrogen-bond acceptors (Lipinski definition) is 2. The Morgan fingerprint density at radius 1 is 1.43 bits per heavy atom. The number of aliphatic hydroxyl groups excluding tert-OH is 1. The van der Waals surface area contributed by atoms with Gasteiger partial charge in [-0.15, -0.1) is 0 Å². The summed E-state index contributed by atoms with van der Waals surface area (Å²) in [6, 6.07) is -0.337. The number of alkyl halides is 3. The van der Waals surface area contributed by atoms with E-state index in [2.05, 4.69) is 0 Å². The fraction of sp³-hybridized carbons (Fsp3) is 0.875. The molecule has 0 aromatic carbocycles. The third kappa shape index (κ3) is 2.37. The van der Waals surface area contributed by atoms with Crippen LogP contribution in [0.25, 0.3) is 0 Å². The largest absolute Gasteiger partial charge is 0.471 e. The Balaban J connectivity index is 2.61. The van der Waals surface area contributed by atoms with Crippen molar-refractivity contribution in [3.05, 3.63) is 0 Å². The number of aliphatic hydroxyl groups is 1. The zero-order chi connectivity index (χ0) is 10.8. The van der Waals surface area contributed by atoms with Crippen molar-refractivity contribution in [3.63, 3.8) is 0 Å². The van der Waals surface area contributed by atoms with E-state index in [1.807, 2.05) is 0 Å². The zero-order valence-electron chi connectivity index (χ0n) is 7.55. The van der Waals surface area contributed by atoms with Crippen molar-refractivity contribution in [2.45, 2.75) is 31.5 Å². The van der Waals surface area contributed by atoms with Gasteiger partial charge in [0, 0.05) is 12.6 Å². The molecule has 0 saturated heterocycles. The van der Waals surface area contributed by atoms with Gasteiger partial charge in [-0.05, 0) is 19.3 Å². The highest BCUT2D eigenvalue weighted by Crippen LogP contribution is 2.28. The van der Waals surface area contributed by atoms with E-state index < -0.39 is 18.7 Å². The van der Waals surface area contributed by atoms with Gasteiger partial charge in [-0.2, -0.15) is 13.2 Å². The fourth-order valence-electron chi connectivity index (χ4n) is 1.42. The molecule has 0 aliphatic heterocycles. The molecule has 0 bridgehead atoms. The molecule has 0 atom stereocenters.